The molecule has 1 aliphatic rings. The third-order valence-corrected chi connectivity index (χ3v) is 1.58. The van der Waals surface area contributed by atoms with E-state index in [1.54, 1.807) is 0 Å². The molecule has 60 valence electrons. The molecule has 0 aromatic heterocycles. The lowest BCUT2D eigenvalue weighted by Gasteiger charge is -2.01. The normalized spacial score (nSPS) is 21.7. The smallest absolute Gasteiger partial charge is 0.375 e. The summed E-state index contributed by atoms with van der Waals surface area (Å²) >= 11 is 0. The van der Waals surface area contributed by atoms with E-state index in [-0.39, 0.29) is 5.92 Å². The summed E-state index contributed by atoms with van der Waals surface area (Å²) in [6, 6.07) is 0. The van der Waals surface area contributed by atoms with Gasteiger partial charge in [0, 0.05) is 12.8 Å². The minimum atomic E-state index is -0.775. The largest absolute Gasteiger partial charge is 0.463 e. The zero-order valence-corrected chi connectivity index (χ0v) is 6.24. The Balaban J connectivity index is 2.53. The van der Waals surface area contributed by atoms with Crippen LogP contribution in [-0.2, 0) is 14.3 Å². The molecule has 1 aliphatic heterocycles. The number of carbonyl (C=O) groups is 2. The summed E-state index contributed by atoms with van der Waals surface area (Å²) in [5.74, 6) is -1.61. The molecule has 0 aliphatic carbocycles. The highest BCUT2D eigenvalue weighted by atomic mass is 16.5. The van der Waals surface area contributed by atoms with E-state index >= 15 is 0 Å². The van der Waals surface area contributed by atoms with E-state index in [2.05, 4.69) is 9.73 Å². The topological polar surface area (TPSA) is 55.7 Å². The maximum absolute atomic E-state index is 11.0. The van der Waals surface area contributed by atoms with Crippen LogP contribution in [0.2, 0.25) is 0 Å². The van der Waals surface area contributed by atoms with Gasteiger partial charge < -0.3 is 4.74 Å². The highest BCUT2D eigenvalue weighted by Crippen LogP contribution is 2.08. The number of nitrogens with zero attached hydrogens (tertiary/aromatic N) is 1. The molecule has 0 radical (unpaired) electrons. The second-order valence-corrected chi connectivity index (χ2v) is 2.31. The molecule has 0 aromatic rings. The Morgan fingerprint density at radius 2 is 2.36 bits per heavy atom. The van der Waals surface area contributed by atoms with Crippen LogP contribution in [0.1, 0.15) is 6.42 Å². The predicted octanol–water partition coefficient (Wildman–Crippen LogP) is -0.181. The van der Waals surface area contributed by atoms with E-state index in [1.165, 1.54) is 13.3 Å². The van der Waals surface area contributed by atoms with Crippen LogP contribution in [0, 0.1) is 5.92 Å². The van der Waals surface area contributed by atoms with Crippen LogP contribution in [0.15, 0.2) is 4.99 Å². The number of hydrogen-bond acceptors (Lipinski definition) is 4. The van der Waals surface area contributed by atoms with E-state index < -0.39 is 11.8 Å². The molecule has 0 amide bonds. The molecule has 0 aromatic carbocycles. The maximum atomic E-state index is 11.0. The predicted molar refractivity (Wildman–Crippen MR) is 38.5 cm³/mol. The van der Waals surface area contributed by atoms with Crippen molar-refractivity contribution in [3.8, 4) is 0 Å². The number of hydrogen-bond donors (Lipinski definition) is 0. The molecule has 0 bridgehead atoms. The van der Waals surface area contributed by atoms with Crippen molar-refractivity contribution in [2.75, 3.05) is 13.7 Å². The standard InChI is InChI=1S/C7H9NO3/c1-11-7(10)6(9)5-2-3-8-4-5/h4-5H,2-3H2,1H3. The van der Waals surface area contributed by atoms with E-state index in [0.29, 0.717) is 13.0 Å². The minimum Gasteiger partial charge on any atom is -0.463 e. The Kier molecular flexibility index (Phi) is 2.36. The van der Waals surface area contributed by atoms with Gasteiger partial charge in [-0.05, 0) is 6.42 Å². The Labute approximate surface area is 64.3 Å². The van der Waals surface area contributed by atoms with Crippen molar-refractivity contribution in [2.45, 2.75) is 6.42 Å². The van der Waals surface area contributed by atoms with Gasteiger partial charge in [-0.3, -0.25) is 9.79 Å². The quantitative estimate of drug-likeness (QED) is 0.410. The van der Waals surface area contributed by atoms with Gasteiger partial charge in [-0.25, -0.2) is 4.79 Å². The third-order valence-electron chi connectivity index (χ3n) is 1.58. The van der Waals surface area contributed by atoms with Crippen molar-refractivity contribution in [1.82, 2.24) is 0 Å². The summed E-state index contributed by atoms with van der Waals surface area (Å²) in [4.78, 5) is 25.5. The first-order chi connectivity index (χ1) is 5.25. The van der Waals surface area contributed by atoms with Gasteiger partial charge in [-0.1, -0.05) is 0 Å². The monoisotopic (exact) mass is 155 g/mol. The average molecular weight is 155 g/mol. The van der Waals surface area contributed by atoms with Crippen LogP contribution < -0.4 is 0 Å². The SMILES string of the molecule is COC(=O)C(=O)C1C=NCC1. The molecule has 1 atom stereocenters. The zero-order chi connectivity index (χ0) is 8.27. The molecule has 0 saturated carbocycles. The molecular formula is C7H9NO3. The number of aliphatic imine (C=N–C) groups is 1. The summed E-state index contributed by atoms with van der Waals surface area (Å²) in [7, 11) is 1.20. The van der Waals surface area contributed by atoms with Crippen molar-refractivity contribution in [1.29, 1.82) is 0 Å². The lowest BCUT2D eigenvalue weighted by Crippen LogP contribution is -2.24. The molecule has 4 heteroatoms. The summed E-state index contributed by atoms with van der Waals surface area (Å²) in [5.41, 5.74) is 0. The second kappa shape index (κ2) is 3.27. The molecule has 1 unspecified atom stereocenters. The zero-order valence-electron chi connectivity index (χ0n) is 6.24. The van der Waals surface area contributed by atoms with E-state index in [4.69, 9.17) is 0 Å². The Morgan fingerprint density at radius 3 is 2.82 bits per heavy atom. The van der Waals surface area contributed by atoms with Crippen LogP contribution in [0.25, 0.3) is 0 Å². The number of ketones is 1. The van der Waals surface area contributed by atoms with Crippen molar-refractivity contribution >= 4 is 18.0 Å². The number of ether oxygens (including phenoxy) is 1. The summed E-state index contributed by atoms with van der Waals surface area (Å²) in [5, 5.41) is 0. The fourth-order valence-electron chi connectivity index (χ4n) is 0.941. The first-order valence-electron chi connectivity index (χ1n) is 3.38. The number of Topliss-reactive ketones (excluding diaryl/α,β-unsaturated/α-hetero) is 1. The molecule has 11 heavy (non-hydrogen) atoms. The Bertz CT molecular complexity index is 210. The van der Waals surface area contributed by atoms with Crippen molar-refractivity contribution in [3.63, 3.8) is 0 Å². The molecule has 0 spiro atoms. The fraction of sp³-hybridized carbons (Fsp3) is 0.571. The van der Waals surface area contributed by atoms with Gasteiger partial charge in [0.2, 0.25) is 5.78 Å². The molecule has 1 rings (SSSR count). The lowest BCUT2D eigenvalue weighted by atomic mass is 10.0. The maximum Gasteiger partial charge on any atom is 0.375 e. The van der Waals surface area contributed by atoms with Crippen molar-refractivity contribution < 1.29 is 14.3 Å². The van der Waals surface area contributed by atoms with Crippen LogP contribution >= 0.6 is 0 Å². The molecule has 0 fully saturated rings. The van der Waals surface area contributed by atoms with Crippen LogP contribution in [0.4, 0.5) is 0 Å². The summed E-state index contributed by atoms with van der Waals surface area (Å²) in [6.07, 6.45) is 2.15. The number of methoxy groups -OCH3 is 1. The van der Waals surface area contributed by atoms with Gasteiger partial charge in [0.25, 0.3) is 0 Å². The Morgan fingerprint density at radius 1 is 1.64 bits per heavy atom. The highest BCUT2D eigenvalue weighted by molar-refractivity contribution is 6.37. The van der Waals surface area contributed by atoms with E-state index in [1.807, 2.05) is 0 Å². The molecule has 0 saturated heterocycles. The highest BCUT2D eigenvalue weighted by Gasteiger charge is 2.26. The van der Waals surface area contributed by atoms with E-state index in [0.717, 1.165) is 0 Å². The first-order valence-corrected chi connectivity index (χ1v) is 3.38. The lowest BCUT2D eigenvalue weighted by molar-refractivity contribution is -0.152. The third kappa shape index (κ3) is 1.63. The Hall–Kier alpha value is -1.19. The van der Waals surface area contributed by atoms with Crippen LogP contribution in [0.5, 0.6) is 0 Å². The number of carbonyl (C=O) groups excluding carboxylic acids is 2. The molecule has 0 N–H and O–H groups in total. The fourth-order valence-corrected chi connectivity index (χ4v) is 0.941. The molecule has 4 nitrogen and oxygen atoms in total. The van der Waals surface area contributed by atoms with Gasteiger partial charge in [-0.2, -0.15) is 0 Å². The van der Waals surface area contributed by atoms with Gasteiger partial charge in [0.1, 0.15) is 0 Å². The van der Waals surface area contributed by atoms with Crippen LogP contribution in [0.3, 0.4) is 0 Å². The van der Waals surface area contributed by atoms with Gasteiger partial charge in [0.05, 0.1) is 13.0 Å². The second-order valence-electron chi connectivity index (χ2n) is 2.31. The number of esters is 1. The van der Waals surface area contributed by atoms with Crippen molar-refractivity contribution in [2.24, 2.45) is 10.9 Å². The molecular weight excluding hydrogens is 146 g/mol. The van der Waals surface area contributed by atoms with E-state index in [9.17, 15) is 9.59 Å². The summed E-state index contributed by atoms with van der Waals surface area (Å²) < 4.78 is 4.27. The van der Waals surface area contributed by atoms with Crippen molar-refractivity contribution in [3.05, 3.63) is 0 Å². The molecule has 1 heterocycles. The minimum absolute atomic E-state index is 0.345. The summed E-state index contributed by atoms with van der Waals surface area (Å²) in [6.45, 7) is 0.632. The van der Waals surface area contributed by atoms with Gasteiger partial charge >= 0.3 is 5.97 Å². The first kappa shape index (κ1) is 7.91. The van der Waals surface area contributed by atoms with Gasteiger partial charge in [0.15, 0.2) is 0 Å². The number of rotatable bonds is 2. The van der Waals surface area contributed by atoms with Gasteiger partial charge in [-0.15, -0.1) is 0 Å². The average Bonchev–Trinajstić information content (AvgIpc) is 2.53. The van der Waals surface area contributed by atoms with Crippen LogP contribution in [-0.4, -0.2) is 31.6 Å².